The first kappa shape index (κ1) is 15.9. The van der Waals surface area contributed by atoms with Crippen molar-refractivity contribution in [3.05, 3.63) is 6.42 Å². The normalized spacial score (nSPS) is 37.1. The Morgan fingerprint density at radius 2 is 1.47 bits per heavy atom. The second-order valence-electron chi connectivity index (χ2n) is 6.17. The average molecular weight is 310 g/mol. The van der Waals surface area contributed by atoms with Crippen LogP contribution in [0.3, 0.4) is 0 Å². The summed E-state index contributed by atoms with van der Waals surface area (Å²) < 4.78 is 11.7. The summed E-state index contributed by atoms with van der Waals surface area (Å²) in [7, 11) is 0. The van der Waals surface area contributed by atoms with E-state index >= 15 is 0 Å². The third-order valence-corrected chi connectivity index (χ3v) is 4.45. The first-order valence-corrected chi connectivity index (χ1v) is 6.18. The van der Waals surface area contributed by atoms with Crippen LogP contribution in [0.2, 0.25) is 0 Å². The molecule has 0 aromatic heterocycles. The van der Waals surface area contributed by atoms with E-state index in [1.807, 2.05) is 13.8 Å². The number of hydrogen-bond acceptors (Lipinski definition) is 2. The Hall–Kier alpha value is 0.833. The molecule has 2 atom stereocenters. The van der Waals surface area contributed by atoms with Crippen LogP contribution < -0.4 is 12.4 Å². The predicted molar refractivity (Wildman–Crippen MR) is 58.2 cm³/mol. The van der Waals surface area contributed by atoms with Crippen molar-refractivity contribution in [1.82, 2.24) is 0 Å². The number of halogens is 1. The van der Waals surface area contributed by atoms with Gasteiger partial charge in [-0.3, -0.25) is 0 Å². The molecule has 1 heterocycles. The van der Waals surface area contributed by atoms with Crippen molar-refractivity contribution in [2.24, 2.45) is 17.3 Å². The van der Waals surface area contributed by atoms with Crippen LogP contribution in [0.25, 0.3) is 0 Å². The minimum absolute atomic E-state index is 0. The van der Waals surface area contributed by atoms with Crippen LogP contribution in [0.4, 0.5) is 0 Å². The molecular formula is C13H21ClO2Zn-. The third-order valence-electron chi connectivity index (χ3n) is 4.45. The molecule has 0 N–H and O–H groups in total. The number of ether oxygens (including phenoxy) is 2. The van der Waals surface area contributed by atoms with E-state index < -0.39 is 0 Å². The second-order valence-corrected chi connectivity index (χ2v) is 6.17. The van der Waals surface area contributed by atoms with Gasteiger partial charge in [0.1, 0.15) is 0 Å². The van der Waals surface area contributed by atoms with Gasteiger partial charge in [0, 0.05) is 24.9 Å². The molecule has 2 saturated carbocycles. The van der Waals surface area contributed by atoms with Crippen LogP contribution >= 0.6 is 0 Å². The quantitative estimate of drug-likeness (QED) is 0.576. The maximum atomic E-state index is 5.84. The van der Waals surface area contributed by atoms with Gasteiger partial charge in [0.25, 0.3) is 0 Å². The van der Waals surface area contributed by atoms with Crippen molar-refractivity contribution in [2.75, 3.05) is 13.2 Å². The molecule has 95 valence electrons. The fourth-order valence-corrected chi connectivity index (χ4v) is 3.58. The molecule has 0 aromatic carbocycles. The molecule has 3 aliphatic rings. The topological polar surface area (TPSA) is 18.5 Å². The van der Waals surface area contributed by atoms with Gasteiger partial charge in [0.2, 0.25) is 0 Å². The smallest absolute Gasteiger partial charge is 0.162 e. The van der Waals surface area contributed by atoms with E-state index in [2.05, 4.69) is 6.42 Å². The number of rotatable bonds is 0. The minimum Gasteiger partial charge on any atom is -1.00 e. The van der Waals surface area contributed by atoms with E-state index in [0.29, 0.717) is 5.41 Å². The van der Waals surface area contributed by atoms with Crippen LogP contribution in [0.5, 0.6) is 0 Å². The predicted octanol–water partition coefficient (Wildman–Crippen LogP) is -0.219. The monoisotopic (exact) mass is 308 g/mol. The molecule has 3 rings (SSSR count). The van der Waals surface area contributed by atoms with E-state index in [4.69, 9.17) is 9.47 Å². The largest absolute Gasteiger partial charge is 1.00 e. The van der Waals surface area contributed by atoms with Crippen molar-refractivity contribution >= 4 is 0 Å². The summed E-state index contributed by atoms with van der Waals surface area (Å²) >= 11 is 0. The standard InChI is InChI=1S/C13H21O2.ClH.Zn/c1-12(2)14-8-13(9-15-12)6-10-4-3-5-11(10)7-13;;/h3,10-11H,4-9H2,1-2H3;1H;/p-1/t10-,11-;;/m0../s1. The second kappa shape index (κ2) is 5.45. The van der Waals surface area contributed by atoms with Gasteiger partial charge in [-0.1, -0.05) is 0 Å². The van der Waals surface area contributed by atoms with E-state index in [-0.39, 0.29) is 37.7 Å². The fraction of sp³-hybridized carbons (Fsp3) is 0.923. The van der Waals surface area contributed by atoms with Gasteiger partial charge in [-0.15, -0.1) is 0 Å². The molecule has 17 heavy (non-hydrogen) atoms. The minimum atomic E-state index is -0.352. The molecule has 3 fully saturated rings. The summed E-state index contributed by atoms with van der Waals surface area (Å²) in [5, 5.41) is 0. The SMILES string of the molecule is CC1(C)OCC2(CO1)C[C@@H]1C[CH]C[C@H]1C2.[Cl-].[Zn]. The maximum absolute atomic E-state index is 5.84. The molecule has 0 bridgehead atoms. The van der Waals surface area contributed by atoms with Crippen molar-refractivity contribution in [1.29, 1.82) is 0 Å². The fourth-order valence-electron chi connectivity index (χ4n) is 3.58. The molecule has 1 spiro atoms. The summed E-state index contributed by atoms with van der Waals surface area (Å²) in [5.74, 6) is 1.51. The van der Waals surface area contributed by atoms with Crippen molar-refractivity contribution in [2.45, 2.75) is 45.3 Å². The molecule has 2 nitrogen and oxygen atoms in total. The summed E-state index contributed by atoms with van der Waals surface area (Å²) in [4.78, 5) is 0. The van der Waals surface area contributed by atoms with E-state index in [0.717, 1.165) is 25.0 Å². The van der Waals surface area contributed by atoms with Crippen LogP contribution in [-0.4, -0.2) is 19.0 Å². The van der Waals surface area contributed by atoms with Gasteiger partial charge < -0.3 is 21.9 Å². The van der Waals surface area contributed by atoms with Gasteiger partial charge in [-0.2, -0.15) is 0 Å². The Bertz CT molecular complexity index is 246. The van der Waals surface area contributed by atoms with E-state index in [9.17, 15) is 0 Å². The molecular weight excluding hydrogens is 289 g/mol. The maximum Gasteiger partial charge on any atom is 0.162 e. The Morgan fingerprint density at radius 1 is 1.00 bits per heavy atom. The van der Waals surface area contributed by atoms with Crippen LogP contribution in [0.1, 0.15) is 39.5 Å². The first-order chi connectivity index (χ1) is 7.09. The van der Waals surface area contributed by atoms with E-state index in [1.54, 1.807) is 0 Å². The zero-order valence-electron chi connectivity index (χ0n) is 10.9. The Morgan fingerprint density at radius 3 is 1.94 bits per heavy atom. The van der Waals surface area contributed by atoms with Gasteiger partial charge in [-0.05, 0) is 57.8 Å². The van der Waals surface area contributed by atoms with Gasteiger partial charge in [0.15, 0.2) is 5.79 Å². The first-order valence-electron chi connectivity index (χ1n) is 6.18. The molecule has 1 radical (unpaired) electrons. The molecule has 0 unspecified atom stereocenters. The van der Waals surface area contributed by atoms with Crippen molar-refractivity contribution in [3.63, 3.8) is 0 Å². The molecule has 0 aromatic rings. The summed E-state index contributed by atoms with van der Waals surface area (Å²) in [5.41, 5.74) is 0.360. The molecule has 0 amide bonds. The Balaban J connectivity index is 0.000000722. The zero-order valence-corrected chi connectivity index (χ0v) is 14.6. The van der Waals surface area contributed by atoms with Gasteiger partial charge in [0.05, 0.1) is 13.2 Å². The Kier molecular flexibility index (Phi) is 5.09. The number of fused-ring (bicyclic) bond motifs is 1. The van der Waals surface area contributed by atoms with Gasteiger partial charge in [-0.25, -0.2) is 0 Å². The summed E-state index contributed by atoms with van der Waals surface area (Å²) in [6, 6.07) is 0. The molecule has 4 heteroatoms. The van der Waals surface area contributed by atoms with Crippen molar-refractivity contribution < 1.29 is 41.4 Å². The third kappa shape index (κ3) is 3.05. The number of hydrogen-bond donors (Lipinski definition) is 0. The van der Waals surface area contributed by atoms with Crippen LogP contribution in [0.15, 0.2) is 0 Å². The average Bonchev–Trinajstić information content (AvgIpc) is 2.69. The molecule has 2 aliphatic carbocycles. The summed E-state index contributed by atoms with van der Waals surface area (Å²) in [6.45, 7) is 5.85. The summed E-state index contributed by atoms with van der Waals surface area (Å²) in [6.07, 6.45) is 7.77. The van der Waals surface area contributed by atoms with E-state index in [1.165, 1.54) is 25.7 Å². The Labute approximate surface area is 123 Å². The molecule has 1 aliphatic heterocycles. The van der Waals surface area contributed by atoms with Crippen LogP contribution in [0, 0.1) is 23.7 Å². The molecule has 1 saturated heterocycles. The van der Waals surface area contributed by atoms with Crippen LogP contribution in [-0.2, 0) is 29.0 Å². The van der Waals surface area contributed by atoms with Gasteiger partial charge >= 0.3 is 0 Å². The zero-order chi connectivity index (χ0) is 10.5. The van der Waals surface area contributed by atoms with Crippen molar-refractivity contribution in [3.8, 4) is 0 Å².